The van der Waals surface area contributed by atoms with Gasteiger partial charge in [-0.15, -0.1) is 0 Å². The number of hydrogen-bond acceptors (Lipinski definition) is 2. The molecule has 4 heteroatoms. The van der Waals surface area contributed by atoms with Gasteiger partial charge in [0.15, 0.2) is 0 Å². The molecule has 0 unspecified atom stereocenters. The summed E-state index contributed by atoms with van der Waals surface area (Å²) in [4.78, 5) is 4.53. The second kappa shape index (κ2) is 4.45. The van der Waals surface area contributed by atoms with Crippen molar-refractivity contribution in [3.8, 4) is 0 Å². The summed E-state index contributed by atoms with van der Waals surface area (Å²) >= 11 is 3.52. The molecule has 1 aromatic heterocycles. The Morgan fingerprint density at radius 3 is 3.14 bits per heavy atom. The monoisotopic (exact) mass is 258 g/mol. The molecular weight excluding hydrogens is 244 g/mol. The van der Waals surface area contributed by atoms with Gasteiger partial charge in [-0.1, -0.05) is 0 Å². The molecule has 78 valence electrons. The zero-order valence-corrected chi connectivity index (χ0v) is 10.0. The Morgan fingerprint density at radius 2 is 2.36 bits per heavy atom. The van der Waals surface area contributed by atoms with Crippen LogP contribution in [0.15, 0.2) is 4.60 Å². The number of ether oxygens (including phenoxy) is 1. The van der Waals surface area contributed by atoms with Crippen LogP contribution in [0.2, 0.25) is 0 Å². The molecule has 1 aromatic rings. The van der Waals surface area contributed by atoms with Crippen LogP contribution in [0.1, 0.15) is 24.4 Å². The lowest BCUT2D eigenvalue weighted by atomic mass is 10.1. The summed E-state index contributed by atoms with van der Waals surface area (Å²) in [5, 5.41) is 0. The fourth-order valence-electron chi connectivity index (χ4n) is 1.95. The van der Waals surface area contributed by atoms with Crippen molar-refractivity contribution < 1.29 is 4.74 Å². The second-order valence-corrected chi connectivity index (χ2v) is 4.37. The molecule has 1 aliphatic rings. The zero-order valence-electron chi connectivity index (χ0n) is 8.42. The van der Waals surface area contributed by atoms with E-state index in [1.165, 1.54) is 18.5 Å². The van der Waals surface area contributed by atoms with Gasteiger partial charge in [0.1, 0.15) is 10.4 Å². The number of nitrogens with zero attached hydrogens (tertiary/aromatic N) is 2. The van der Waals surface area contributed by atoms with E-state index in [1.807, 2.05) is 0 Å². The van der Waals surface area contributed by atoms with Crippen molar-refractivity contribution in [2.45, 2.75) is 32.2 Å². The smallest absolute Gasteiger partial charge is 0.127 e. The van der Waals surface area contributed by atoms with E-state index in [0.29, 0.717) is 0 Å². The van der Waals surface area contributed by atoms with E-state index >= 15 is 0 Å². The van der Waals surface area contributed by atoms with Crippen molar-refractivity contribution in [1.29, 1.82) is 0 Å². The summed E-state index contributed by atoms with van der Waals surface area (Å²) in [7, 11) is 1.73. The molecule has 0 radical (unpaired) electrons. The van der Waals surface area contributed by atoms with Crippen LogP contribution in [-0.4, -0.2) is 23.3 Å². The molecule has 2 rings (SSSR count). The van der Waals surface area contributed by atoms with Gasteiger partial charge in [0, 0.05) is 20.1 Å². The third-order valence-corrected chi connectivity index (χ3v) is 3.31. The lowest BCUT2D eigenvalue weighted by molar-refractivity contribution is 0.199. The van der Waals surface area contributed by atoms with E-state index in [0.717, 1.165) is 36.4 Å². The molecule has 1 aliphatic heterocycles. The molecule has 2 heterocycles. The SMILES string of the molecule is COCCc1nc(Br)c2n1CCCC2. The number of imidazole rings is 1. The normalized spacial score (nSPS) is 15.6. The second-order valence-electron chi connectivity index (χ2n) is 3.62. The van der Waals surface area contributed by atoms with Gasteiger partial charge in [0.25, 0.3) is 0 Å². The lowest BCUT2D eigenvalue weighted by Crippen LogP contribution is -2.14. The minimum atomic E-state index is 0.753. The van der Waals surface area contributed by atoms with Crippen LogP contribution < -0.4 is 0 Å². The number of aromatic nitrogens is 2. The highest BCUT2D eigenvalue weighted by molar-refractivity contribution is 9.10. The number of halogens is 1. The maximum absolute atomic E-state index is 5.08. The zero-order chi connectivity index (χ0) is 9.97. The van der Waals surface area contributed by atoms with Crippen LogP contribution in [0.4, 0.5) is 0 Å². The highest BCUT2D eigenvalue weighted by atomic mass is 79.9. The van der Waals surface area contributed by atoms with Gasteiger partial charge in [-0.2, -0.15) is 0 Å². The summed E-state index contributed by atoms with van der Waals surface area (Å²) in [5.74, 6) is 1.16. The summed E-state index contributed by atoms with van der Waals surface area (Å²) in [6.45, 7) is 1.87. The molecule has 0 aromatic carbocycles. The summed E-state index contributed by atoms with van der Waals surface area (Å²) in [6, 6.07) is 0. The standard InChI is InChI=1S/C10H15BrN2O/c1-14-7-5-9-12-10(11)8-4-2-3-6-13(8)9/h2-7H2,1H3. The Balaban J connectivity index is 2.23. The van der Waals surface area contributed by atoms with Gasteiger partial charge >= 0.3 is 0 Å². The maximum Gasteiger partial charge on any atom is 0.127 e. The molecular formula is C10H15BrN2O. The molecule has 14 heavy (non-hydrogen) atoms. The van der Waals surface area contributed by atoms with Crippen LogP contribution in [0.3, 0.4) is 0 Å². The fraction of sp³-hybridized carbons (Fsp3) is 0.700. The van der Waals surface area contributed by atoms with E-state index in [4.69, 9.17) is 4.74 Å². The number of methoxy groups -OCH3 is 1. The van der Waals surface area contributed by atoms with Crippen molar-refractivity contribution in [3.05, 3.63) is 16.1 Å². The Kier molecular flexibility index (Phi) is 3.23. The highest BCUT2D eigenvalue weighted by Gasteiger charge is 2.17. The van der Waals surface area contributed by atoms with Crippen molar-refractivity contribution >= 4 is 15.9 Å². The molecule has 0 aliphatic carbocycles. The minimum Gasteiger partial charge on any atom is -0.384 e. The Morgan fingerprint density at radius 1 is 1.50 bits per heavy atom. The van der Waals surface area contributed by atoms with Crippen LogP contribution in [0, 0.1) is 0 Å². The summed E-state index contributed by atoms with van der Waals surface area (Å²) in [6.07, 6.45) is 4.62. The number of rotatable bonds is 3. The molecule has 0 fully saturated rings. The first-order valence-corrected chi connectivity index (χ1v) is 5.85. The lowest BCUT2D eigenvalue weighted by Gasteiger charge is -2.16. The van der Waals surface area contributed by atoms with E-state index < -0.39 is 0 Å². The Hall–Kier alpha value is -0.350. The van der Waals surface area contributed by atoms with E-state index in [2.05, 4.69) is 25.5 Å². The fourth-order valence-corrected chi connectivity index (χ4v) is 2.57. The third-order valence-electron chi connectivity index (χ3n) is 2.68. The predicted molar refractivity (Wildman–Crippen MR) is 58.4 cm³/mol. The maximum atomic E-state index is 5.08. The third kappa shape index (κ3) is 1.86. The molecule has 0 saturated heterocycles. The minimum absolute atomic E-state index is 0.753. The number of fused-ring (bicyclic) bond motifs is 1. The van der Waals surface area contributed by atoms with Crippen LogP contribution in [0.5, 0.6) is 0 Å². The predicted octanol–water partition coefficient (Wildman–Crippen LogP) is 2.17. The molecule has 3 nitrogen and oxygen atoms in total. The quantitative estimate of drug-likeness (QED) is 0.831. The van der Waals surface area contributed by atoms with Crippen molar-refractivity contribution in [1.82, 2.24) is 9.55 Å². The average Bonchev–Trinajstić information content (AvgIpc) is 2.54. The van der Waals surface area contributed by atoms with Crippen LogP contribution >= 0.6 is 15.9 Å². The summed E-state index contributed by atoms with van der Waals surface area (Å²) < 4.78 is 8.45. The molecule has 0 N–H and O–H groups in total. The molecule has 0 amide bonds. The van der Waals surface area contributed by atoms with E-state index in [1.54, 1.807) is 7.11 Å². The first-order chi connectivity index (χ1) is 6.83. The van der Waals surface area contributed by atoms with Crippen LogP contribution in [0.25, 0.3) is 0 Å². The average molecular weight is 259 g/mol. The molecule has 0 bridgehead atoms. The Labute approximate surface area is 92.6 Å². The van der Waals surface area contributed by atoms with E-state index in [9.17, 15) is 0 Å². The van der Waals surface area contributed by atoms with Gasteiger partial charge in [-0.25, -0.2) is 4.98 Å². The summed E-state index contributed by atoms with van der Waals surface area (Å²) in [5.41, 5.74) is 1.36. The first kappa shape index (κ1) is 10.2. The molecule has 0 saturated carbocycles. The van der Waals surface area contributed by atoms with Gasteiger partial charge in [0.05, 0.1) is 12.3 Å². The first-order valence-electron chi connectivity index (χ1n) is 5.05. The van der Waals surface area contributed by atoms with E-state index in [-0.39, 0.29) is 0 Å². The van der Waals surface area contributed by atoms with Crippen LogP contribution in [-0.2, 0) is 24.1 Å². The largest absolute Gasteiger partial charge is 0.384 e. The topological polar surface area (TPSA) is 27.1 Å². The Bertz CT molecular complexity index is 322. The van der Waals surface area contributed by atoms with Crippen molar-refractivity contribution in [2.75, 3.05) is 13.7 Å². The molecule has 0 atom stereocenters. The van der Waals surface area contributed by atoms with Gasteiger partial charge in [-0.05, 0) is 35.2 Å². The highest BCUT2D eigenvalue weighted by Crippen LogP contribution is 2.24. The van der Waals surface area contributed by atoms with Crippen molar-refractivity contribution in [3.63, 3.8) is 0 Å². The number of hydrogen-bond donors (Lipinski definition) is 0. The molecule has 0 spiro atoms. The van der Waals surface area contributed by atoms with Gasteiger partial charge in [0.2, 0.25) is 0 Å². The van der Waals surface area contributed by atoms with Gasteiger partial charge < -0.3 is 9.30 Å². The van der Waals surface area contributed by atoms with Crippen molar-refractivity contribution in [2.24, 2.45) is 0 Å². The van der Waals surface area contributed by atoms with Gasteiger partial charge in [-0.3, -0.25) is 0 Å².